The highest BCUT2D eigenvalue weighted by Gasteiger charge is 2.40. The van der Waals surface area contributed by atoms with E-state index in [0.717, 1.165) is 64.3 Å². The van der Waals surface area contributed by atoms with Crippen molar-refractivity contribution in [3.05, 3.63) is 28.4 Å². The molecule has 1 amide bonds. The molecule has 3 fully saturated rings. The molecule has 2 saturated heterocycles. The number of amides is 1. The number of carbonyl (C=O) groups excluding carboxylic acids is 1. The monoisotopic (exact) mass is 527 g/mol. The third kappa shape index (κ3) is 5.90. The van der Waals surface area contributed by atoms with Crippen molar-refractivity contribution in [1.29, 1.82) is 0 Å². The lowest BCUT2D eigenvalue weighted by atomic mass is 9.65. The van der Waals surface area contributed by atoms with Gasteiger partial charge in [-0.3, -0.25) is 14.8 Å². The summed E-state index contributed by atoms with van der Waals surface area (Å²) in [5.41, 5.74) is 0.254. The maximum absolute atomic E-state index is 12.4. The van der Waals surface area contributed by atoms with E-state index in [9.17, 15) is 20.0 Å². The van der Waals surface area contributed by atoms with Crippen molar-refractivity contribution in [2.45, 2.75) is 83.8 Å². The third-order valence-electron chi connectivity index (χ3n) is 8.90. The number of nitrogens with zero attached hydrogens (tertiary/aromatic N) is 5. The third-order valence-corrected chi connectivity index (χ3v) is 8.90. The number of aromatic nitrogens is 2. The van der Waals surface area contributed by atoms with Gasteiger partial charge in [-0.2, -0.15) is 5.10 Å². The van der Waals surface area contributed by atoms with Crippen LogP contribution in [0.5, 0.6) is 5.75 Å². The van der Waals surface area contributed by atoms with E-state index in [1.54, 1.807) is 0 Å². The van der Waals surface area contributed by atoms with Crippen LogP contribution in [0.3, 0.4) is 0 Å². The lowest BCUT2D eigenvalue weighted by molar-refractivity contribution is -0.385. The fraction of sp³-hybridized carbons (Fsp3) is 0.714. The molecule has 38 heavy (non-hydrogen) atoms. The molecule has 1 aromatic heterocycles. The Balaban J connectivity index is 1.07. The van der Waals surface area contributed by atoms with Crippen LogP contribution in [-0.2, 0) is 4.74 Å². The molecule has 10 nitrogen and oxygen atoms in total. The number of hydrogen-bond acceptors (Lipinski definition) is 7. The van der Waals surface area contributed by atoms with E-state index in [2.05, 4.69) is 10.00 Å². The first-order chi connectivity index (χ1) is 18.0. The number of phenols is 1. The fourth-order valence-electron chi connectivity index (χ4n) is 6.60. The fourth-order valence-corrected chi connectivity index (χ4v) is 6.60. The number of hydrogen-bond donors (Lipinski definition) is 1. The number of fused-ring (bicyclic) bond motifs is 1. The Hall–Kier alpha value is -2.88. The van der Waals surface area contributed by atoms with Gasteiger partial charge in [-0.15, -0.1) is 0 Å². The summed E-state index contributed by atoms with van der Waals surface area (Å²) in [6.45, 7) is 10.6. The minimum Gasteiger partial charge on any atom is -0.502 e. The van der Waals surface area contributed by atoms with Gasteiger partial charge in [0.15, 0.2) is 5.75 Å². The van der Waals surface area contributed by atoms with Gasteiger partial charge in [0, 0.05) is 56.4 Å². The summed E-state index contributed by atoms with van der Waals surface area (Å²) in [6.07, 6.45) is 10.9. The summed E-state index contributed by atoms with van der Waals surface area (Å²) in [5, 5.41) is 26.3. The molecule has 1 N–H and O–H groups in total. The summed E-state index contributed by atoms with van der Waals surface area (Å²) in [7, 11) is 0. The summed E-state index contributed by atoms with van der Waals surface area (Å²) < 4.78 is 7.49. The lowest BCUT2D eigenvalue weighted by Crippen LogP contribution is -2.47. The number of nitro benzene ring substituents is 1. The quantitative estimate of drug-likeness (QED) is 0.413. The van der Waals surface area contributed by atoms with Gasteiger partial charge in [-0.1, -0.05) is 0 Å². The largest absolute Gasteiger partial charge is 0.502 e. The molecular weight excluding hydrogens is 486 g/mol. The Bertz CT molecular complexity index is 1160. The predicted octanol–water partition coefficient (Wildman–Crippen LogP) is 5.49. The molecule has 1 spiro atoms. The van der Waals surface area contributed by atoms with Gasteiger partial charge < -0.3 is 19.6 Å². The van der Waals surface area contributed by atoms with Crippen LogP contribution in [0.25, 0.3) is 10.9 Å². The van der Waals surface area contributed by atoms with Crippen molar-refractivity contribution in [3.63, 3.8) is 0 Å². The maximum Gasteiger partial charge on any atom is 0.410 e. The van der Waals surface area contributed by atoms with E-state index in [4.69, 9.17) is 4.74 Å². The second kappa shape index (κ2) is 10.4. The number of rotatable bonds is 4. The summed E-state index contributed by atoms with van der Waals surface area (Å²) in [5.74, 6) is 0.391. The van der Waals surface area contributed by atoms with Crippen LogP contribution in [0.15, 0.2) is 18.3 Å². The van der Waals surface area contributed by atoms with Crippen LogP contribution in [-0.4, -0.2) is 74.0 Å². The van der Waals surface area contributed by atoms with Gasteiger partial charge in [0.05, 0.1) is 16.5 Å². The lowest BCUT2D eigenvalue weighted by Gasteiger charge is -2.46. The molecule has 2 aliphatic heterocycles. The molecular formula is C28H41N5O5. The zero-order valence-corrected chi connectivity index (χ0v) is 22.9. The van der Waals surface area contributed by atoms with Crippen molar-refractivity contribution in [2.75, 3.05) is 32.7 Å². The second-order valence-corrected chi connectivity index (χ2v) is 12.7. The average molecular weight is 528 g/mol. The van der Waals surface area contributed by atoms with Gasteiger partial charge in [0.2, 0.25) is 0 Å². The zero-order chi connectivity index (χ0) is 27.1. The Labute approximate surface area is 224 Å². The van der Waals surface area contributed by atoms with E-state index < -0.39 is 10.5 Å². The topological polar surface area (TPSA) is 114 Å². The molecule has 0 unspecified atom stereocenters. The standard InChI is InChI=1S/C28H41N5O5/c1-27(2,3)38-26(35)31-14-10-28(11-15-31)8-4-20(5-9-28)18-30-12-6-22(7-13-30)32-19-21-16-24(33(36)37)25(34)17-23(21)29-32/h16-17,19-20,22,34H,4-15,18H2,1-3H3. The molecule has 1 saturated carbocycles. The maximum atomic E-state index is 12.4. The van der Waals surface area contributed by atoms with E-state index in [-0.39, 0.29) is 23.6 Å². The van der Waals surface area contributed by atoms with Crippen LogP contribution in [0.1, 0.15) is 78.2 Å². The Morgan fingerprint density at radius 1 is 1.11 bits per heavy atom. The molecule has 10 heteroatoms. The normalized spacial score (nSPS) is 21.7. The number of benzene rings is 1. The van der Waals surface area contributed by atoms with Crippen molar-refractivity contribution >= 4 is 22.7 Å². The number of aromatic hydroxyl groups is 1. The van der Waals surface area contributed by atoms with Crippen LogP contribution in [0, 0.1) is 21.4 Å². The molecule has 3 heterocycles. The smallest absolute Gasteiger partial charge is 0.410 e. The first kappa shape index (κ1) is 26.7. The predicted molar refractivity (Wildman–Crippen MR) is 144 cm³/mol. The van der Waals surface area contributed by atoms with Crippen LogP contribution in [0.4, 0.5) is 10.5 Å². The van der Waals surface area contributed by atoms with Gasteiger partial charge >= 0.3 is 11.8 Å². The highest BCUT2D eigenvalue weighted by atomic mass is 16.6. The first-order valence-corrected chi connectivity index (χ1v) is 14.1. The molecule has 1 aromatic carbocycles. The average Bonchev–Trinajstić information content (AvgIpc) is 3.27. The van der Waals surface area contributed by atoms with E-state index in [1.165, 1.54) is 37.8 Å². The van der Waals surface area contributed by atoms with Gasteiger partial charge in [0.1, 0.15) is 5.60 Å². The van der Waals surface area contributed by atoms with Gasteiger partial charge in [-0.05, 0) is 83.5 Å². The van der Waals surface area contributed by atoms with Crippen molar-refractivity contribution < 1.29 is 19.6 Å². The molecule has 0 radical (unpaired) electrons. The van der Waals surface area contributed by atoms with Crippen molar-refractivity contribution in [3.8, 4) is 5.75 Å². The van der Waals surface area contributed by atoms with Gasteiger partial charge in [-0.25, -0.2) is 4.79 Å². The molecule has 0 bridgehead atoms. The second-order valence-electron chi connectivity index (χ2n) is 12.7. The van der Waals surface area contributed by atoms with Crippen LogP contribution in [0.2, 0.25) is 0 Å². The van der Waals surface area contributed by atoms with E-state index in [1.807, 2.05) is 36.5 Å². The van der Waals surface area contributed by atoms with Crippen molar-refractivity contribution in [2.24, 2.45) is 11.3 Å². The highest BCUT2D eigenvalue weighted by Crippen LogP contribution is 2.46. The Kier molecular flexibility index (Phi) is 7.28. The number of ether oxygens (including phenoxy) is 1. The summed E-state index contributed by atoms with van der Waals surface area (Å²) in [4.78, 5) is 27.5. The Morgan fingerprint density at radius 2 is 1.76 bits per heavy atom. The summed E-state index contributed by atoms with van der Waals surface area (Å²) in [6, 6.07) is 3.06. The molecule has 3 aliphatic rings. The van der Waals surface area contributed by atoms with Crippen molar-refractivity contribution in [1.82, 2.24) is 19.6 Å². The minimum absolute atomic E-state index is 0.174. The molecule has 2 aromatic rings. The van der Waals surface area contributed by atoms with E-state index in [0.29, 0.717) is 16.3 Å². The number of piperidine rings is 2. The zero-order valence-electron chi connectivity index (χ0n) is 22.9. The number of likely N-dealkylation sites (tertiary alicyclic amines) is 2. The van der Waals surface area contributed by atoms with Crippen LogP contribution < -0.4 is 0 Å². The number of nitro groups is 1. The molecule has 5 rings (SSSR count). The van der Waals surface area contributed by atoms with Gasteiger partial charge in [0.25, 0.3) is 0 Å². The Morgan fingerprint density at radius 3 is 2.37 bits per heavy atom. The molecule has 0 atom stereocenters. The summed E-state index contributed by atoms with van der Waals surface area (Å²) >= 11 is 0. The molecule has 208 valence electrons. The SMILES string of the molecule is CC(C)(C)OC(=O)N1CCC2(CCC(CN3CCC(n4cc5cc([N+](=O)[O-])c(O)cc5n4)CC3)CC2)CC1. The first-order valence-electron chi connectivity index (χ1n) is 14.1. The number of carbonyl (C=O) groups is 1. The van der Waals surface area contributed by atoms with Crippen LogP contribution >= 0.6 is 0 Å². The van der Waals surface area contributed by atoms with E-state index >= 15 is 0 Å². The molecule has 1 aliphatic carbocycles. The minimum atomic E-state index is -0.565. The highest BCUT2D eigenvalue weighted by molar-refractivity contribution is 5.83. The number of phenolic OH excluding ortho intramolecular Hbond substituents is 1.